The zero-order valence-electron chi connectivity index (χ0n) is 35.5. The van der Waals surface area contributed by atoms with Crippen LogP contribution in [0.3, 0.4) is 0 Å². The number of anilines is 1. The van der Waals surface area contributed by atoms with Gasteiger partial charge < -0.3 is 20.6 Å². The summed E-state index contributed by atoms with van der Waals surface area (Å²) in [6, 6.07) is 10.2. The van der Waals surface area contributed by atoms with Crippen LogP contribution in [0.15, 0.2) is 70.1 Å². The van der Waals surface area contributed by atoms with Crippen molar-refractivity contribution in [3.63, 3.8) is 0 Å². The molecule has 0 fully saturated rings. The zero-order valence-corrected chi connectivity index (χ0v) is 37.9. The van der Waals surface area contributed by atoms with Crippen molar-refractivity contribution in [3.8, 4) is 0 Å². The molecule has 0 bridgehead atoms. The number of hydrogen-bond acceptors (Lipinski definition) is 12. The van der Waals surface area contributed by atoms with E-state index >= 15 is 0 Å². The Morgan fingerprint density at radius 1 is 0.921 bits per heavy atom. The molecule has 17 nitrogen and oxygen atoms in total. The highest BCUT2D eigenvalue weighted by molar-refractivity contribution is 7.94. The highest BCUT2D eigenvalue weighted by atomic mass is 32.2. The Bertz CT molecular complexity index is 2280. The average Bonchev–Trinajstić information content (AvgIpc) is 3.63. The molecule has 3 aliphatic heterocycles. The predicted octanol–water partition coefficient (Wildman–Crippen LogP) is 6.83. The number of nitrogens with one attached hydrogen (secondary N) is 2. The number of hydrogen-bond donors (Lipinski definition) is 6. The van der Waals surface area contributed by atoms with E-state index in [0.29, 0.717) is 100.0 Å². The molecule has 2 amide bonds. The summed E-state index contributed by atoms with van der Waals surface area (Å²) in [5.74, 6) is -1.95. The number of aliphatic carboxylic acids is 1. The van der Waals surface area contributed by atoms with Crippen molar-refractivity contribution in [1.29, 1.82) is 0 Å². The summed E-state index contributed by atoms with van der Waals surface area (Å²) < 4.78 is 75.1. The van der Waals surface area contributed by atoms with Gasteiger partial charge in [-0.1, -0.05) is 36.8 Å². The molecule has 6 N–H and O–H groups in total. The van der Waals surface area contributed by atoms with Gasteiger partial charge in [-0.15, -0.1) is 4.33 Å². The van der Waals surface area contributed by atoms with E-state index in [2.05, 4.69) is 27.2 Å². The molecular weight excluding hydrogens is 877 g/mol. The largest absolute Gasteiger partial charge is 0.481 e. The molecule has 3 aliphatic rings. The van der Waals surface area contributed by atoms with Crippen molar-refractivity contribution >= 4 is 67.1 Å². The Hall–Kier alpha value is -4.15. The summed E-state index contributed by atoms with van der Waals surface area (Å²) in [6.07, 6.45) is 13.8. The van der Waals surface area contributed by atoms with Crippen molar-refractivity contribution in [2.45, 2.75) is 124 Å². The number of benzene rings is 2. The number of nitrogens with zero attached hydrogens (tertiary/aromatic N) is 2. The molecule has 3 heterocycles. The topological polar surface area (TPSA) is 249 Å². The van der Waals surface area contributed by atoms with Crippen LogP contribution in [0.25, 0.3) is 0 Å². The van der Waals surface area contributed by atoms with Crippen LogP contribution >= 0.6 is 12.0 Å². The van der Waals surface area contributed by atoms with Crippen molar-refractivity contribution in [2.24, 2.45) is 0 Å². The van der Waals surface area contributed by atoms with Gasteiger partial charge in [-0.25, -0.2) is 5.26 Å². The average molecular weight is 936 g/mol. The normalized spacial score (nSPS) is 21.7. The molecule has 0 aromatic heterocycles. The van der Waals surface area contributed by atoms with Gasteiger partial charge in [0, 0.05) is 85.2 Å². The van der Waals surface area contributed by atoms with Gasteiger partial charge in [0.25, 0.3) is 20.2 Å². The standard InChI is InChI=1S/C43H58N4O13S3/c1-43(23-9-3-8-18-42(50)51)35-29-31(61-60-59-52)19-21-38(35)47-26-10-4-7-17-41(49)45-25-24-44-40(48)16-6-2-5-13-33-34-30-32(63(56,57)58)20-22-37(34)46(27-12-28-62(53,54)55)36(33)14-11-15-39(43)47/h11,14-15,19-22,29-30,33H,2-10,12-13,16-18,23-28H2,1H3,(H5-,44,45,48,49,50,51,52,53,54,55,56,57,58)/p+1. The molecule has 0 aliphatic carbocycles. The zero-order chi connectivity index (χ0) is 45.6. The Morgan fingerprint density at radius 2 is 1.63 bits per heavy atom. The fourth-order valence-electron chi connectivity index (χ4n) is 8.80. The van der Waals surface area contributed by atoms with Crippen LogP contribution in [-0.2, 0) is 49.4 Å². The number of carbonyl (C=O) groups excluding carboxylic acids is 2. The molecule has 346 valence electrons. The molecule has 0 spiro atoms. The number of fused-ring (bicyclic) bond motifs is 5. The second-order valence-electron chi connectivity index (χ2n) is 16.3. The maximum atomic E-state index is 12.6. The van der Waals surface area contributed by atoms with E-state index in [0.717, 1.165) is 47.5 Å². The monoisotopic (exact) mass is 935 g/mol. The van der Waals surface area contributed by atoms with Crippen LogP contribution in [0.4, 0.5) is 11.4 Å². The van der Waals surface area contributed by atoms with Crippen LogP contribution in [0.2, 0.25) is 0 Å². The van der Waals surface area contributed by atoms with Gasteiger partial charge in [-0.2, -0.15) is 21.4 Å². The van der Waals surface area contributed by atoms with E-state index in [1.54, 1.807) is 6.07 Å². The first kappa shape index (κ1) is 49.9. The van der Waals surface area contributed by atoms with Gasteiger partial charge in [0.15, 0.2) is 5.71 Å². The van der Waals surface area contributed by atoms with Gasteiger partial charge in [0.1, 0.15) is 6.54 Å². The lowest BCUT2D eigenvalue weighted by Crippen LogP contribution is -2.34. The smallest absolute Gasteiger partial charge is 0.303 e. The molecule has 2 aromatic rings. The number of carboxylic acid groups (broad SMARTS) is 1. The molecule has 0 saturated carbocycles. The summed E-state index contributed by atoms with van der Waals surface area (Å²) in [6.45, 7) is 3.53. The number of allylic oxidation sites excluding steroid dienone is 4. The van der Waals surface area contributed by atoms with Crippen LogP contribution in [0.1, 0.15) is 120 Å². The lowest BCUT2D eigenvalue weighted by molar-refractivity contribution is -0.438. The minimum atomic E-state index is -4.57. The molecule has 63 heavy (non-hydrogen) atoms. The molecule has 2 atom stereocenters. The summed E-state index contributed by atoms with van der Waals surface area (Å²) in [7, 11) is -8.86. The summed E-state index contributed by atoms with van der Waals surface area (Å²) in [5.41, 5.74) is 4.34. The maximum absolute atomic E-state index is 12.6. The molecule has 2 aromatic carbocycles. The highest BCUT2D eigenvalue weighted by Crippen LogP contribution is 2.48. The van der Waals surface area contributed by atoms with E-state index in [9.17, 15) is 45.4 Å². The second kappa shape index (κ2) is 23.2. The second-order valence-corrected chi connectivity index (χ2v) is 20.1. The molecule has 20 heteroatoms. The molecule has 0 radical (unpaired) electrons. The maximum Gasteiger partial charge on any atom is 0.303 e. The first-order valence-corrected chi connectivity index (χ1v) is 25.2. The number of rotatable bonds is 14. The van der Waals surface area contributed by atoms with Gasteiger partial charge in [-0.05, 0) is 93.8 Å². The summed E-state index contributed by atoms with van der Waals surface area (Å²) in [4.78, 5) is 38.8. The van der Waals surface area contributed by atoms with E-state index in [1.807, 2.05) is 41.3 Å². The number of carboxylic acids is 1. The first-order valence-electron chi connectivity index (χ1n) is 21.4. The van der Waals surface area contributed by atoms with E-state index in [1.165, 1.54) is 12.1 Å². The Balaban J connectivity index is 1.61. The minimum Gasteiger partial charge on any atom is -0.481 e. The van der Waals surface area contributed by atoms with Crippen molar-refractivity contribution in [1.82, 2.24) is 10.6 Å². The number of carbonyl (C=O) groups is 3. The van der Waals surface area contributed by atoms with Crippen LogP contribution < -0.4 is 15.5 Å². The van der Waals surface area contributed by atoms with E-state index in [-0.39, 0.29) is 48.4 Å². The van der Waals surface area contributed by atoms with Crippen molar-refractivity contribution < 1.29 is 64.6 Å². The Labute approximate surface area is 373 Å². The first-order chi connectivity index (χ1) is 30.0. The van der Waals surface area contributed by atoms with Crippen molar-refractivity contribution in [3.05, 3.63) is 71.5 Å². The van der Waals surface area contributed by atoms with Gasteiger partial charge >= 0.3 is 5.97 Å². The molecule has 0 saturated heterocycles. The Morgan fingerprint density at radius 3 is 2.30 bits per heavy atom. The third-order valence-corrected chi connectivity index (χ3v) is 14.1. The van der Waals surface area contributed by atoms with Crippen molar-refractivity contribution in [2.75, 3.05) is 36.8 Å². The van der Waals surface area contributed by atoms with Crippen LogP contribution in [0.5, 0.6) is 0 Å². The summed E-state index contributed by atoms with van der Waals surface area (Å²) >= 11 is 0.847. The third kappa shape index (κ3) is 14.2. The molecule has 5 rings (SSSR count). The highest BCUT2D eigenvalue weighted by Gasteiger charge is 2.47. The molecule has 2 unspecified atom stereocenters. The quantitative estimate of drug-likeness (QED) is 0.0284. The number of amides is 2. The number of unbranched alkanes of at least 4 members (excludes halogenated alkanes) is 2. The third-order valence-electron chi connectivity index (χ3n) is 11.8. The molecular formula is C43H59N4O13S3+. The fourth-order valence-corrected chi connectivity index (χ4v) is 10.2. The SMILES string of the molecule is CC1(CCCCCC(=O)O)C2=[N+](CCCCCC(=O)NCCNC(=O)CCCCCC3/C(=C/C=C2)N(CCCS(=O)(=O)O)c2ccc(S(=O)(=O)O)cc23)c2ccc(SOOO)cc21. The predicted molar refractivity (Wildman–Crippen MR) is 237 cm³/mol. The van der Waals surface area contributed by atoms with Gasteiger partial charge in [0.2, 0.25) is 17.5 Å². The summed E-state index contributed by atoms with van der Waals surface area (Å²) in [5, 5.41) is 27.8. The van der Waals surface area contributed by atoms with Crippen LogP contribution in [0, 0.1) is 0 Å². The van der Waals surface area contributed by atoms with E-state index < -0.39 is 37.4 Å². The minimum absolute atomic E-state index is 0.0613. The lowest BCUT2D eigenvalue weighted by atomic mass is 9.75. The lowest BCUT2D eigenvalue weighted by Gasteiger charge is -2.24. The van der Waals surface area contributed by atoms with Gasteiger partial charge in [-0.3, -0.25) is 23.5 Å². The Kier molecular flexibility index (Phi) is 18.3. The van der Waals surface area contributed by atoms with E-state index in [4.69, 9.17) is 9.59 Å². The van der Waals surface area contributed by atoms with Crippen LogP contribution in [-0.4, -0.2) is 96.3 Å². The fraction of sp³-hybridized carbons (Fsp3) is 0.535. The van der Waals surface area contributed by atoms with Gasteiger partial charge in [0.05, 0.1) is 28.1 Å².